The largest absolute Gasteiger partial charge is 0.500 e. The monoisotopic (exact) mass is 449 g/mol. The van der Waals surface area contributed by atoms with Crippen molar-refractivity contribution in [3.05, 3.63) is 0 Å². The highest BCUT2D eigenvalue weighted by atomic mass is 28.4. The van der Waals surface area contributed by atoms with Crippen LogP contribution < -0.4 is 0 Å². The van der Waals surface area contributed by atoms with Crippen LogP contribution >= 0.6 is 0 Å². The van der Waals surface area contributed by atoms with Gasteiger partial charge in [0, 0.05) is 32.4 Å². The molecule has 0 aromatic heterocycles. The zero-order valence-corrected chi connectivity index (χ0v) is 22.6. The molecule has 0 atom stereocenters. The average molecular weight is 450 g/mol. The molecule has 0 aromatic carbocycles. The van der Waals surface area contributed by atoms with Crippen LogP contribution in [0, 0.1) is 0 Å². The highest BCUT2D eigenvalue weighted by molar-refractivity contribution is 6.77. The third-order valence-corrected chi connectivity index (χ3v) is 14.6. The van der Waals surface area contributed by atoms with Gasteiger partial charge in [0.15, 0.2) is 0 Å². The van der Waals surface area contributed by atoms with Crippen LogP contribution in [0.5, 0.6) is 0 Å². The number of hydrogen-bond donors (Lipinski definition) is 0. The minimum atomic E-state index is -2.58. The van der Waals surface area contributed by atoms with Gasteiger partial charge in [0.25, 0.3) is 0 Å². The molecule has 0 rings (SSSR count). The fourth-order valence-electron chi connectivity index (χ4n) is 3.25. The Kier molecular flexibility index (Phi) is 13.8. The first-order chi connectivity index (χ1) is 13.5. The van der Waals surface area contributed by atoms with Crippen molar-refractivity contribution < 1.29 is 22.8 Å². The van der Waals surface area contributed by atoms with E-state index in [1.165, 1.54) is 0 Å². The van der Waals surface area contributed by atoms with E-state index in [0.29, 0.717) is 32.8 Å². The molecule has 0 aliphatic carbocycles. The lowest BCUT2D eigenvalue weighted by molar-refractivity contribution is -0.143. The van der Waals surface area contributed by atoms with Crippen molar-refractivity contribution in [3.8, 4) is 0 Å². The minimum Gasteiger partial charge on any atom is -0.466 e. The van der Waals surface area contributed by atoms with Gasteiger partial charge in [-0.2, -0.15) is 0 Å². The summed E-state index contributed by atoms with van der Waals surface area (Å²) >= 11 is 0. The summed E-state index contributed by atoms with van der Waals surface area (Å²) in [4.78, 5) is 11.9. The maximum atomic E-state index is 11.9. The lowest BCUT2D eigenvalue weighted by atomic mass is 10.2. The molecule has 0 bridgehead atoms. The third kappa shape index (κ3) is 10.1. The molecule has 0 aromatic rings. The molecule has 0 heterocycles. The normalized spacial score (nSPS) is 13.2. The van der Waals surface area contributed by atoms with Crippen LogP contribution in [0.4, 0.5) is 0 Å². The Hall–Kier alpha value is -0.256. The Balaban J connectivity index is 5.00. The lowest BCUT2D eigenvalue weighted by Gasteiger charge is -2.46. The van der Waals surface area contributed by atoms with Gasteiger partial charge in [-0.25, -0.2) is 0 Å². The Morgan fingerprint density at radius 3 is 1.76 bits per heavy atom. The highest BCUT2D eigenvalue weighted by Crippen LogP contribution is 2.38. The Morgan fingerprint density at radius 1 is 0.828 bits per heavy atom. The Morgan fingerprint density at radius 2 is 1.34 bits per heavy atom. The molecular formula is C21H47NO5Si2. The summed E-state index contributed by atoms with van der Waals surface area (Å²) in [5.41, 5.74) is 0. The molecule has 0 radical (unpaired) electrons. The summed E-state index contributed by atoms with van der Waals surface area (Å²) < 4.78 is 25.6. The predicted molar refractivity (Wildman–Crippen MR) is 125 cm³/mol. The van der Waals surface area contributed by atoms with Crippen molar-refractivity contribution in [2.75, 3.05) is 39.5 Å². The molecule has 0 unspecified atom stereocenters. The van der Waals surface area contributed by atoms with E-state index in [1.807, 2.05) is 27.7 Å². The van der Waals surface area contributed by atoms with Crippen molar-refractivity contribution in [1.29, 1.82) is 0 Å². The maximum Gasteiger partial charge on any atom is 0.500 e. The SMILES string of the molecule is CCOC(=O)CCN(CCCC[Si](OCC)(OCC)OCC)[Si](C)(C)C(C)(C)C. The van der Waals surface area contributed by atoms with Crippen LogP contribution in [0.3, 0.4) is 0 Å². The second-order valence-corrected chi connectivity index (χ2v) is 16.8. The van der Waals surface area contributed by atoms with Crippen molar-refractivity contribution in [2.24, 2.45) is 0 Å². The number of ether oxygens (including phenoxy) is 1. The second kappa shape index (κ2) is 13.9. The zero-order chi connectivity index (χ0) is 22.6. The smallest absolute Gasteiger partial charge is 0.466 e. The highest BCUT2D eigenvalue weighted by Gasteiger charge is 2.42. The number of rotatable bonds is 16. The van der Waals surface area contributed by atoms with Crippen LogP contribution in [-0.2, 0) is 22.8 Å². The molecule has 8 heteroatoms. The van der Waals surface area contributed by atoms with Crippen molar-refractivity contribution >= 4 is 23.0 Å². The Bertz CT molecular complexity index is 438. The van der Waals surface area contributed by atoms with Gasteiger partial charge in [-0.1, -0.05) is 33.9 Å². The first-order valence-electron chi connectivity index (χ1n) is 11.3. The molecule has 0 spiro atoms. The first-order valence-corrected chi connectivity index (χ1v) is 16.2. The van der Waals surface area contributed by atoms with Crippen LogP contribution in [0.1, 0.15) is 67.7 Å². The van der Waals surface area contributed by atoms with Crippen LogP contribution in [0.2, 0.25) is 24.2 Å². The number of hydrogen-bond acceptors (Lipinski definition) is 6. The number of unbranched alkanes of at least 4 members (excludes halogenated alkanes) is 1. The van der Waals surface area contributed by atoms with Crippen molar-refractivity contribution in [1.82, 2.24) is 4.57 Å². The van der Waals surface area contributed by atoms with Gasteiger partial charge >= 0.3 is 14.8 Å². The quantitative estimate of drug-likeness (QED) is 0.186. The zero-order valence-electron chi connectivity index (χ0n) is 20.6. The summed E-state index contributed by atoms with van der Waals surface area (Å²) in [5, 5.41) is 0.224. The van der Waals surface area contributed by atoms with E-state index >= 15 is 0 Å². The minimum absolute atomic E-state index is 0.105. The molecule has 174 valence electrons. The summed E-state index contributed by atoms with van der Waals surface area (Å²) in [7, 11) is -4.30. The molecule has 0 fully saturated rings. The summed E-state index contributed by atoms with van der Waals surface area (Å²) in [6.07, 6.45) is 2.49. The number of carbonyl (C=O) groups excluding carboxylic acids is 1. The molecule has 0 aliphatic heterocycles. The third-order valence-electron chi connectivity index (χ3n) is 5.77. The topological polar surface area (TPSA) is 57.2 Å². The molecule has 0 saturated heterocycles. The fraction of sp³-hybridized carbons (Fsp3) is 0.952. The average Bonchev–Trinajstić information content (AvgIpc) is 2.60. The van der Waals surface area contributed by atoms with Crippen molar-refractivity contribution in [2.45, 2.75) is 91.9 Å². The molecule has 29 heavy (non-hydrogen) atoms. The van der Waals surface area contributed by atoms with Gasteiger partial charge in [-0.15, -0.1) is 0 Å². The van der Waals surface area contributed by atoms with E-state index in [0.717, 1.165) is 32.0 Å². The van der Waals surface area contributed by atoms with Crippen LogP contribution in [0.25, 0.3) is 0 Å². The van der Waals surface area contributed by atoms with Gasteiger partial charge in [-0.3, -0.25) is 4.79 Å². The van der Waals surface area contributed by atoms with Crippen LogP contribution in [0.15, 0.2) is 0 Å². The number of nitrogens with zero attached hydrogens (tertiary/aromatic N) is 1. The molecule has 0 amide bonds. The van der Waals surface area contributed by atoms with E-state index in [9.17, 15) is 4.79 Å². The van der Waals surface area contributed by atoms with Gasteiger partial charge in [0.1, 0.15) is 8.24 Å². The van der Waals surface area contributed by atoms with E-state index in [1.54, 1.807) is 0 Å². The van der Waals surface area contributed by atoms with Gasteiger partial charge in [-0.05, 0) is 52.1 Å². The second-order valence-electron chi connectivity index (χ2n) is 8.79. The standard InChI is InChI=1S/C21H47NO5Si2/c1-10-24-20(23)16-18-22(28(8,9)21(5,6)7)17-14-15-19-29(25-11-2,26-12-3)27-13-4/h10-19H2,1-9H3. The van der Waals surface area contributed by atoms with Crippen molar-refractivity contribution in [3.63, 3.8) is 0 Å². The molecule has 0 aliphatic rings. The molecular weight excluding hydrogens is 402 g/mol. The van der Waals surface area contributed by atoms with Gasteiger partial charge in [0.2, 0.25) is 0 Å². The Labute approximate surface area is 182 Å². The number of esters is 1. The van der Waals surface area contributed by atoms with Gasteiger partial charge < -0.3 is 22.6 Å². The summed E-state index contributed by atoms with van der Waals surface area (Å²) in [6, 6.07) is 0.839. The summed E-state index contributed by atoms with van der Waals surface area (Å²) in [5.74, 6) is -0.105. The maximum absolute atomic E-state index is 11.9. The van der Waals surface area contributed by atoms with E-state index in [4.69, 9.17) is 18.0 Å². The van der Waals surface area contributed by atoms with Gasteiger partial charge in [0.05, 0.1) is 13.0 Å². The van der Waals surface area contributed by atoms with E-state index in [-0.39, 0.29) is 11.0 Å². The molecule has 6 nitrogen and oxygen atoms in total. The van der Waals surface area contributed by atoms with Crippen LogP contribution in [-0.4, -0.2) is 67.1 Å². The number of carbonyl (C=O) groups is 1. The first kappa shape index (κ1) is 28.7. The fourth-order valence-corrected chi connectivity index (χ4v) is 8.27. The van der Waals surface area contributed by atoms with E-state index < -0.39 is 17.0 Å². The summed E-state index contributed by atoms with van der Waals surface area (Å²) in [6.45, 7) is 23.6. The van der Waals surface area contributed by atoms with E-state index in [2.05, 4.69) is 38.4 Å². The molecule has 0 saturated carbocycles. The predicted octanol–water partition coefficient (Wildman–Crippen LogP) is 5.08. The lowest BCUT2D eigenvalue weighted by Crippen LogP contribution is -2.56. The molecule has 0 N–H and O–H groups in total.